The van der Waals surface area contributed by atoms with Crippen LogP contribution in [0.25, 0.3) is 11.0 Å². The maximum atomic E-state index is 13.1. The van der Waals surface area contributed by atoms with Crippen LogP contribution in [-0.2, 0) is 6.54 Å². The minimum atomic E-state index is -0.699. The Labute approximate surface area is 155 Å². The smallest absolute Gasteiger partial charge is 0.195 e. The standard InChI is InChI=1S/C16H23F2N7S/c1-3-25-15(24(7-4-17)16(19)26-18)14-13(22-25)11(2)10-12(21-14)23-8-5-20-6-9-23/h10,19-20H,3-9H2,1-2H3. The van der Waals surface area contributed by atoms with E-state index < -0.39 is 6.67 Å². The second-order valence-corrected chi connectivity index (χ2v) is 6.63. The number of anilines is 2. The summed E-state index contributed by atoms with van der Waals surface area (Å²) < 4.78 is 27.8. The Balaban J connectivity index is 2.16. The number of nitrogens with one attached hydrogen (secondary N) is 2. The number of amidine groups is 1. The second-order valence-electron chi connectivity index (χ2n) is 6.09. The summed E-state index contributed by atoms with van der Waals surface area (Å²) >= 11 is -0.210. The number of aryl methyl sites for hydroxylation is 2. The van der Waals surface area contributed by atoms with Gasteiger partial charge in [0.2, 0.25) is 0 Å². The molecule has 0 atom stereocenters. The molecule has 142 valence electrons. The number of pyridine rings is 1. The molecular formula is C16H23F2N7S. The Morgan fingerprint density at radius 2 is 2.12 bits per heavy atom. The lowest BCUT2D eigenvalue weighted by atomic mass is 10.2. The third-order valence-corrected chi connectivity index (χ3v) is 4.84. The van der Waals surface area contributed by atoms with Crippen molar-refractivity contribution in [1.82, 2.24) is 20.1 Å². The van der Waals surface area contributed by atoms with Crippen molar-refractivity contribution in [1.29, 1.82) is 5.41 Å². The Kier molecular flexibility index (Phi) is 5.92. The molecule has 2 aromatic rings. The highest BCUT2D eigenvalue weighted by atomic mass is 32.2. The third kappa shape index (κ3) is 3.48. The molecule has 1 aliphatic heterocycles. The molecule has 2 N–H and O–H groups in total. The zero-order valence-corrected chi connectivity index (χ0v) is 15.7. The van der Waals surface area contributed by atoms with Crippen molar-refractivity contribution in [3.05, 3.63) is 11.6 Å². The third-order valence-electron chi connectivity index (χ3n) is 4.47. The van der Waals surface area contributed by atoms with E-state index in [1.54, 1.807) is 4.68 Å². The molecule has 0 saturated carbocycles. The van der Waals surface area contributed by atoms with Crippen LogP contribution in [0, 0.1) is 12.3 Å². The number of fused-ring (bicyclic) bond motifs is 1. The predicted molar refractivity (Wildman–Crippen MR) is 103 cm³/mol. The van der Waals surface area contributed by atoms with Crippen molar-refractivity contribution in [3.8, 4) is 0 Å². The number of halogens is 2. The van der Waals surface area contributed by atoms with Gasteiger partial charge in [-0.15, -0.1) is 0 Å². The summed E-state index contributed by atoms with van der Waals surface area (Å²) in [6.45, 7) is 7.03. The lowest BCUT2D eigenvalue weighted by Gasteiger charge is -2.29. The molecule has 0 unspecified atom stereocenters. The summed E-state index contributed by atoms with van der Waals surface area (Å²) in [5.41, 5.74) is 2.23. The molecule has 0 aliphatic carbocycles. The lowest BCUT2D eigenvalue weighted by molar-refractivity contribution is 0.500. The van der Waals surface area contributed by atoms with Gasteiger partial charge >= 0.3 is 0 Å². The van der Waals surface area contributed by atoms with Gasteiger partial charge in [-0.1, -0.05) is 0 Å². The average molecular weight is 383 g/mol. The Morgan fingerprint density at radius 3 is 2.73 bits per heavy atom. The highest BCUT2D eigenvalue weighted by Crippen LogP contribution is 2.32. The lowest BCUT2D eigenvalue weighted by Crippen LogP contribution is -2.43. The van der Waals surface area contributed by atoms with Gasteiger partial charge in [0.25, 0.3) is 0 Å². The first-order valence-corrected chi connectivity index (χ1v) is 9.36. The average Bonchev–Trinajstić information content (AvgIpc) is 3.05. The van der Waals surface area contributed by atoms with Crippen LogP contribution < -0.4 is 15.1 Å². The number of hydrogen-bond acceptors (Lipinski definition) is 6. The van der Waals surface area contributed by atoms with E-state index in [0.29, 0.717) is 23.4 Å². The van der Waals surface area contributed by atoms with Gasteiger partial charge in [0.1, 0.15) is 35.7 Å². The van der Waals surface area contributed by atoms with Crippen LogP contribution in [0.1, 0.15) is 12.5 Å². The van der Waals surface area contributed by atoms with E-state index in [2.05, 4.69) is 15.3 Å². The topological polar surface area (TPSA) is 73.1 Å². The van der Waals surface area contributed by atoms with Crippen molar-refractivity contribution in [2.24, 2.45) is 0 Å². The summed E-state index contributed by atoms with van der Waals surface area (Å²) in [6, 6.07) is 2.00. The van der Waals surface area contributed by atoms with Crippen LogP contribution in [0.5, 0.6) is 0 Å². The van der Waals surface area contributed by atoms with Gasteiger partial charge in [-0.3, -0.25) is 10.3 Å². The zero-order valence-electron chi connectivity index (χ0n) is 14.9. The quantitative estimate of drug-likeness (QED) is 0.611. The first-order chi connectivity index (χ1) is 12.6. The van der Waals surface area contributed by atoms with Gasteiger partial charge in [-0.2, -0.15) is 8.98 Å². The van der Waals surface area contributed by atoms with Gasteiger partial charge in [0, 0.05) is 32.7 Å². The number of alkyl halides is 1. The van der Waals surface area contributed by atoms with Gasteiger partial charge < -0.3 is 10.2 Å². The van der Waals surface area contributed by atoms with Gasteiger partial charge in [-0.25, -0.2) is 14.1 Å². The Bertz CT molecular complexity index is 788. The van der Waals surface area contributed by atoms with Gasteiger partial charge in [0.05, 0.1) is 6.54 Å². The van der Waals surface area contributed by atoms with E-state index in [0.717, 1.165) is 37.6 Å². The Morgan fingerprint density at radius 1 is 1.38 bits per heavy atom. The van der Waals surface area contributed by atoms with Crippen molar-refractivity contribution in [3.63, 3.8) is 0 Å². The van der Waals surface area contributed by atoms with Crippen molar-refractivity contribution >= 4 is 40.0 Å². The van der Waals surface area contributed by atoms with E-state index >= 15 is 0 Å². The zero-order chi connectivity index (χ0) is 18.7. The summed E-state index contributed by atoms with van der Waals surface area (Å²) in [5.74, 6) is 1.29. The number of hydrogen-bond donors (Lipinski definition) is 2. The molecule has 2 aromatic heterocycles. The molecule has 1 fully saturated rings. The van der Waals surface area contributed by atoms with Gasteiger partial charge in [0.15, 0.2) is 11.0 Å². The molecule has 0 bridgehead atoms. The molecule has 0 spiro atoms. The van der Waals surface area contributed by atoms with Crippen LogP contribution in [-0.4, -0.2) is 59.3 Å². The molecule has 3 heterocycles. The first-order valence-electron chi connectivity index (χ1n) is 8.65. The van der Waals surface area contributed by atoms with E-state index in [4.69, 9.17) is 10.4 Å². The van der Waals surface area contributed by atoms with Crippen molar-refractivity contribution in [2.45, 2.75) is 20.4 Å². The highest BCUT2D eigenvalue weighted by molar-refractivity contribution is 8.09. The molecule has 1 aliphatic rings. The first kappa shape index (κ1) is 18.8. The van der Waals surface area contributed by atoms with Crippen molar-refractivity contribution in [2.75, 3.05) is 49.2 Å². The monoisotopic (exact) mass is 383 g/mol. The van der Waals surface area contributed by atoms with E-state index in [-0.39, 0.29) is 23.9 Å². The van der Waals surface area contributed by atoms with Crippen molar-refractivity contribution < 1.29 is 8.28 Å². The van der Waals surface area contributed by atoms with E-state index in [9.17, 15) is 8.28 Å². The maximum Gasteiger partial charge on any atom is 0.195 e. The van der Waals surface area contributed by atoms with Crippen LogP contribution >= 0.6 is 12.1 Å². The number of piperazine rings is 1. The minimum Gasteiger partial charge on any atom is -0.354 e. The number of aromatic nitrogens is 3. The molecule has 10 heteroatoms. The Hall–Kier alpha value is -1.94. The summed E-state index contributed by atoms with van der Waals surface area (Å²) in [4.78, 5) is 8.26. The molecular weight excluding hydrogens is 360 g/mol. The molecule has 26 heavy (non-hydrogen) atoms. The predicted octanol–water partition coefficient (Wildman–Crippen LogP) is 2.50. The molecule has 7 nitrogen and oxygen atoms in total. The summed E-state index contributed by atoms with van der Waals surface area (Å²) in [7, 11) is 0. The summed E-state index contributed by atoms with van der Waals surface area (Å²) in [6.07, 6.45) is 0. The van der Waals surface area contributed by atoms with E-state index in [1.807, 2.05) is 19.9 Å². The van der Waals surface area contributed by atoms with Crippen LogP contribution in [0.3, 0.4) is 0 Å². The second kappa shape index (κ2) is 8.17. The molecule has 0 radical (unpaired) electrons. The van der Waals surface area contributed by atoms with E-state index in [1.165, 1.54) is 4.90 Å². The van der Waals surface area contributed by atoms with Crippen LogP contribution in [0.15, 0.2) is 6.07 Å². The summed E-state index contributed by atoms with van der Waals surface area (Å²) in [5, 5.41) is 15.4. The van der Waals surface area contributed by atoms with Crippen LogP contribution in [0.2, 0.25) is 0 Å². The molecule has 3 rings (SSSR count). The van der Waals surface area contributed by atoms with Crippen LogP contribution in [0.4, 0.5) is 19.9 Å². The largest absolute Gasteiger partial charge is 0.354 e. The fourth-order valence-electron chi connectivity index (χ4n) is 3.19. The maximum absolute atomic E-state index is 13.1. The fraction of sp³-hybridized carbons (Fsp3) is 0.562. The SMILES string of the molecule is CCn1nc2c(C)cc(N3CCNCC3)nc2c1N(CCF)C(=N)SF. The highest BCUT2D eigenvalue weighted by Gasteiger charge is 2.25. The number of nitrogens with zero attached hydrogens (tertiary/aromatic N) is 5. The fourth-order valence-corrected chi connectivity index (χ4v) is 3.46. The van der Waals surface area contributed by atoms with Gasteiger partial charge in [-0.05, 0) is 25.5 Å². The molecule has 0 aromatic carbocycles. The normalized spacial score (nSPS) is 14.8. The minimum absolute atomic E-state index is 0.116. The number of rotatable bonds is 5. The molecule has 0 amide bonds. The molecule has 1 saturated heterocycles.